The van der Waals surface area contributed by atoms with Crippen molar-refractivity contribution in [1.82, 2.24) is 5.32 Å². The number of carbonyl (C=O) groups is 2. The lowest BCUT2D eigenvalue weighted by molar-refractivity contribution is -0.131. The molecule has 0 aromatic carbocycles. The minimum Gasteiger partial charge on any atom is -0.478 e. The number of hydrogen-bond donors (Lipinski definition) is 2. The van der Waals surface area contributed by atoms with E-state index in [1.54, 1.807) is 0 Å². The zero-order valence-corrected chi connectivity index (χ0v) is 7.49. The maximum atomic E-state index is 10.8. The second-order valence-electron chi connectivity index (χ2n) is 2.32. The molecule has 1 amide bonds. The zero-order valence-electron chi connectivity index (χ0n) is 7.49. The first kappa shape index (κ1) is 11.4. The molecule has 0 fully saturated rings. The summed E-state index contributed by atoms with van der Waals surface area (Å²) in [6.45, 7) is 2.42. The third-order valence-corrected chi connectivity index (χ3v) is 1.22. The first-order valence-electron chi connectivity index (χ1n) is 3.97. The van der Waals surface area contributed by atoms with Crippen LogP contribution in [0, 0.1) is 0 Å². The maximum Gasteiger partial charge on any atom is 0.328 e. The van der Waals surface area contributed by atoms with Gasteiger partial charge in [0, 0.05) is 18.7 Å². The van der Waals surface area contributed by atoms with Crippen molar-refractivity contribution >= 4 is 11.9 Å². The summed E-state index contributed by atoms with van der Waals surface area (Å²) in [4.78, 5) is 20.8. The second-order valence-corrected chi connectivity index (χ2v) is 2.32. The molecule has 0 unspecified atom stereocenters. The van der Waals surface area contributed by atoms with Crippen LogP contribution in [-0.4, -0.2) is 23.5 Å². The van der Waals surface area contributed by atoms with Crippen LogP contribution in [0.3, 0.4) is 0 Å². The van der Waals surface area contributed by atoms with E-state index in [-0.39, 0.29) is 5.91 Å². The van der Waals surface area contributed by atoms with Crippen LogP contribution in [-0.2, 0) is 9.59 Å². The molecule has 0 spiro atoms. The average molecular weight is 183 g/mol. The maximum absolute atomic E-state index is 10.8. The minimum absolute atomic E-state index is 0.382. The summed E-state index contributed by atoms with van der Waals surface area (Å²) < 4.78 is 0. The summed E-state index contributed by atoms with van der Waals surface area (Å²) in [6, 6.07) is 0. The van der Waals surface area contributed by atoms with Crippen LogP contribution in [0.2, 0.25) is 0 Å². The minimum atomic E-state index is -1.12. The van der Waals surface area contributed by atoms with Crippen molar-refractivity contribution in [1.29, 1.82) is 0 Å². The fraction of sp³-hybridized carbons (Fsp3) is 0.333. The van der Waals surface area contributed by atoms with Gasteiger partial charge in [-0.05, 0) is 13.3 Å². The SMILES string of the molecule is C/C=C/CCNC(=O)/C=C/C(=O)O. The summed E-state index contributed by atoms with van der Waals surface area (Å²) in [5.41, 5.74) is 0. The van der Waals surface area contributed by atoms with Gasteiger partial charge in [0.1, 0.15) is 0 Å². The van der Waals surface area contributed by atoms with Gasteiger partial charge < -0.3 is 10.4 Å². The van der Waals surface area contributed by atoms with Crippen molar-refractivity contribution in [2.75, 3.05) is 6.54 Å². The van der Waals surface area contributed by atoms with Gasteiger partial charge in [-0.15, -0.1) is 0 Å². The Hall–Kier alpha value is -1.58. The molecule has 13 heavy (non-hydrogen) atoms. The van der Waals surface area contributed by atoms with Gasteiger partial charge in [0.05, 0.1) is 0 Å². The molecule has 0 aromatic rings. The Kier molecular flexibility index (Phi) is 6.23. The van der Waals surface area contributed by atoms with Crippen molar-refractivity contribution in [3.63, 3.8) is 0 Å². The summed E-state index contributed by atoms with van der Waals surface area (Å²) >= 11 is 0. The van der Waals surface area contributed by atoms with Crippen molar-refractivity contribution in [3.05, 3.63) is 24.3 Å². The first-order valence-corrected chi connectivity index (χ1v) is 3.97. The number of rotatable bonds is 5. The molecular weight excluding hydrogens is 170 g/mol. The molecule has 0 aliphatic carbocycles. The van der Waals surface area contributed by atoms with Crippen LogP contribution < -0.4 is 5.32 Å². The zero-order chi connectivity index (χ0) is 10.1. The molecule has 0 bridgehead atoms. The largest absolute Gasteiger partial charge is 0.478 e. The van der Waals surface area contributed by atoms with E-state index in [2.05, 4.69) is 5.32 Å². The molecule has 0 rings (SSSR count). The summed E-state index contributed by atoms with van der Waals surface area (Å²) in [6.07, 6.45) is 6.37. The summed E-state index contributed by atoms with van der Waals surface area (Å²) in [7, 11) is 0. The van der Waals surface area contributed by atoms with E-state index in [1.807, 2.05) is 19.1 Å². The standard InChI is InChI=1S/C9H13NO3/c1-2-3-4-7-10-8(11)5-6-9(12)13/h2-3,5-6H,4,7H2,1H3,(H,10,11)(H,12,13)/b3-2+,6-5+. The highest BCUT2D eigenvalue weighted by Crippen LogP contribution is 1.80. The molecule has 0 radical (unpaired) electrons. The number of allylic oxidation sites excluding steroid dienone is 1. The fourth-order valence-corrected chi connectivity index (χ4v) is 0.651. The van der Waals surface area contributed by atoms with E-state index >= 15 is 0 Å². The lowest BCUT2D eigenvalue weighted by atomic mass is 10.3. The van der Waals surface area contributed by atoms with Crippen LogP contribution in [0.15, 0.2) is 24.3 Å². The van der Waals surface area contributed by atoms with E-state index < -0.39 is 5.97 Å². The molecule has 2 N–H and O–H groups in total. The molecule has 0 atom stereocenters. The summed E-state index contributed by atoms with van der Waals surface area (Å²) in [5.74, 6) is -1.50. The Morgan fingerprint density at radius 3 is 2.62 bits per heavy atom. The van der Waals surface area contributed by atoms with E-state index in [1.165, 1.54) is 0 Å². The average Bonchev–Trinajstić information content (AvgIpc) is 2.09. The van der Waals surface area contributed by atoms with E-state index in [0.717, 1.165) is 18.6 Å². The van der Waals surface area contributed by atoms with Gasteiger partial charge in [0.15, 0.2) is 0 Å². The lowest BCUT2D eigenvalue weighted by Crippen LogP contribution is -2.21. The second kappa shape index (κ2) is 7.09. The molecule has 0 saturated carbocycles. The molecule has 0 saturated heterocycles. The van der Waals surface area contributed by atoms with Gasteiger partial charge in [0.2, 0.25) is 5.91 Å². The predicted molar refractivity (Wildman–Crippen MR) is 49.2 cm³/mol. The topological polar surface area (TPSA) is 66.4 Å². The Labute approximate surface area is 76.9 Å². The quantitative estimate of drug-likeness (QED) is 0.375. The van der Waals surface area contributed by atoms with Crippen LogP contribution in [0.4, 0.5) is 0 Å². The number of carbonyl (C=O) groups excluding carboxylic acids is 1. The van der Waals surface area contributed by atoms with Gasteiger partial charge in [-0.25, -0.2) is 4.79 Å². The van der Waals surface area contributed by atoms with Crippen molar-refractivity contribution in [2.45, 2.75) is 13.3 Å². The van der Waals surface area contributed by atoms with E-state index in [9.17, 15) is 9.59 Å². The van der Waals surface area contributed by atoms with Gasteiger partial charge in [-0.2, -0.15) is 0 Å². The van der Waals surface area contributed by atoms with Crippen LogP contribution in [0.5, 0.6) is 0 Å². The monoisotopic (exact) mass is 183 g/mol. The molecule has 4 nitrogen and oxygen atoms in total. The number of aliphatic carboxylic acids is 1. The normalized spacial score (nSPS) is 10.8. The lowest BCUT2D eigenvalue weighted by Gasteiger charge is -1.96. The number of carboxylic acid groups (broad SMARTS) is 1. The third-order valence-electron chi connectivity index (χ3n) is 1.22. The van der Waals surface area contributed by atoms with Crippen LogP contribution in [0.1, 0.15) is 13.3 Å². The molecule has 72 valence electrons. The van der Waals surface area contributed by atoms with Crippen LogP contribution >= 0.6 is 0 Å². The highest BCUT2D eigenvalue weighted by molar-refractivity contribution is 5.93. The van der Waals surface area contributed by atoms with E-state index in [4.69, 9.17) is 5.11 Å². The first-order chi connectivity index (χ1) is 6.16. The van der Waals surface area contributed by atoms with Gasteiger partial charge in [-0.3, -0.25) is 4.79 Å². The van der Waals surface area contributed by atoms with Crippen molar-refractivity contribution < 1.29 is 14.7 Å². The van der Waals surface area contributed by atoms with Gasteiger partial charge >= 0.3 is 5.97 Å². The predicted octanol–water partition coefficient (Wildman–Crippen LogP) is 0.710. The molecule has 0 aliphatic rings. The Balaban J connectivity index is 3.57. The Morgan fingerprint density at radius 1 is 1.38 bits per heavy atom. The Bertz CT molecular complexity index is 231. The third kappa shape index (κ3) is 8.33. The number of amides is 1. The summed E-state index contributed by atoms with van der Waals surface area (Å²) in [5, 5.41) is 10.7. The molecule has 0 aromatic heterocycles. The number of nitrogens with one attached hydrogen (secondary N) is 1. The molecular formula is C9H13NO3. The van der Waals surface area contributed by atoms with Crippen molar-refractivity contribution in [3.8, 4) is 0 Å². The fourth-order valence-electron chi connectivity index (χ4n) is 0.651. The highest BCUT2D eigenvalue weighted by Gasteiger charge is 1.93. The van der Waals surface area contributed by atoms with E-state index in [0.29, 0.717) is 6.54 Å². The van der Waals surface area contributed by atoms with Crippen LogP contribution in [0.25, 0.3) is 0 Å². The Morgan fingerprint density at radius 2 is 2.08 bits per heavy atom. The highest BCUT2D eigenvalue weighted by atomic mass is 16.4. The molecule has 0 aliphatic heterocycles. The molecule has 4 heteroatoms. The van der Waals surface area contributed by atoms with Gasteiger partial charge in [-0.1, -0.05) is 12.2 Å². The van der Waals surface area contributed by atoms with Crippen molar-refractivity contribution in [2.24, 2.45) is 0 Å². The smallest absolute Gasteiger partial charge is 0.328 e. The van der Waals surface area contributed by atoms with Gasteiger partial charge in [0.25, 0.3) is 0 Å². The number of carboxylic acids is 1. The number of hydrogen-bond acceptors (Lipinski definition) is 2. The molecule has 0 heterocycles.